The number of amides is 1. The van der Waals surface area contributed by atoms with Gasteiger partial charge in [0.15, 0.2) is 11.0 Å². The number of thioether (sulfide) groups is 1. The second-order valence-electron chi connectivity index (χ2n) is 6.79. The Morgan fingerprint density at radius 3 is 2.70 bits per heavy atom. The predicted octanol–water partition coefficient (Wildman–Crippen LogP) is 4.09. The lowest BCUT2D eigenvalue weighted by atomic mass is 10.1. The van der Waals surface area contributed by atoms with Gasteiger partial charge in [0, 0.05) is 18.3 Å². The molecule has 1 amide bonds. The van der Waals surface area contributed by atoms with Crippen molar-refractivity contribution in [1.29, 1.82) is 0 Å². The van der Waals surface area contributed by atoms with E-state index in [4.69, 9.17) is 4.74 Å². The Bertz CT molecular complexity index is 1050. The van der Waals surface area contributed by atoms with E-state index in [1.165, 1.54) is 11.8 Å². The number of esters is 1. The molecule has 0 spiro atoms. The molecule has 0 atom stereocenters. The first-order valence-corrected chi connectivity index (χ1v) is 10.6. The maximum atomic E-state index is 12.4. The highest BCUT2D eigenvalue weighted by atomic mass is 32.2. The molecule has 0 saturated carbocycles. The highest BCUT2D eigenvalue weighted by molar-refractivity contribution is 7.99. The van der Waals surface area contributed by atoms with E-state index < -0.39 is 5.97 Å². The third-order valence-corrected chi connectivity index (χ3v) is 5.28. The Hall–Kier alpha value is -3.13. The van der Waals surface area contributed by atoms with Crippen LogP contribution in [0.2, 0.25) is 0 Å². The second kappa shape index (κ2) is 10.1. The van der Waals surface area contributed by atoms with Crippen LogP contribution >= 0.6 is 11.8 Å². The zero-order chi connectivity index (χ0) is 21.5. The van der Waals surface area contributed by atoms with E-state index in [1.807, 2.05) is 49.7 Å². The normalized spacial score (nSPS) is 10.6. The number of ether oxygens (including phenoxy) is 1. The summed E-state index contributed by atoms with van der Waals surface area (Å²) in [6.45, 7) is 4.33. The number of carbonyl (C=O) groups excluding carboxylic acids is 2. The minimum Gasteiger partial charge on any atom is -0.462 e. The number of nitrogens with one attached hydrogen (secondary N) is 1. The standard InChI is InChI=1S/C22H24N4O3S/c1-4-11-29-21(28)17-9-6-10-18(13-17)23-19(27)14-30-22-25-24-20(26(22)3)16-8-5-7-15(2)12-16/h5-10,12-13H,4,11,14H2,1-3H3,(H,23,27). The Kier molecular flexibility index (Phi) is 7.24. The van der Waals surface area contributed by atoms with Crippen molar-refractivity contribution in [3.8, 4) is 11.4 Å². The fourth-order valence-electron chi connectivity index (χ4n) is 2.81. The van der Waals surface area contributed by atoms with Gasteiger partial charge in [0.25, 0.3) is 0 Å². The monoisotopic (exact) mass is 424 g/mol. The van der Waals surface area contributed by atoms with Crippen LogP contribution in [0.25, 0.3) is 11.4 Å². The van der Waals surface area contributed by atoms with Crippen LogP contribution in [-0.4, -0.2) is 39.0 Å². The number of carbonyl (C=O) groups is 2. The summed E-state index contributed by atoms with van der Waals surface area (Å²) in [5.41, 5.74) is 3.08. The summed E-state index contributed by atoms with van der Waals surface area (Å²) >= 11 is 1.30. The summed E-state index contributed by atoms with van der Waals surface area (Å²) in [5, 5.41) is 11.9. The Labute approximate surface area is 179 Å². The molecule has 1 N–H and O–H groups in total. The van der Waals surface area contributed by atoms with Crippen molar-refractivity contribution in [1.82, 2.24) is 14.8 Å². The van der Waals surface area contributed by atoms with Gasteiger partial charge in [-0.15, -0.1) is 10.2 Å². The van der Waals surface area contributed by atoms with E-state index in [0.29, 0.717) is 23.0 Å². The number of nitrogens with zero attached hydrogens (tertiary/aromatic N) is 3. The van der Waals surface area contributed by atoms with E-state index in [2.05, 4.69) is 15.5 Å². The molecule has 3 aromatic rings. The molecular weight excluding hydrogens is 400 g/mol. The van der Waals surface area contributed by atoms with E-state index in [-0.39, 0.29) is 11.7 Å². The molecule has 30 heavy (non-hydrogen) atoms. The third kappa shape index (κ3) is 5.48. The van der Waals surface area contributed by atoms with Crippen LogP contribution in [0.4, 0.5) is 5.69 Å². The SMILES string of the molecule is CCCOC(=O)c1cccc(NC(=O)CSc2nnc(-c3cccc(C)c3)n2C)c1. The fraction of sp³-hybridized carbons (Fsp3) is 0.273. The van der Waals surface area contributed by atoms with Crippen molar-refractivity contribution >= 4 is 29.3 Å². The Morgan fingerprint density at radius 2 is 1.93 bits per heavy atom. The smallest absolute Gasteiger partial charge is 0.338 e. The summed E-state index contributed by atoms with van der Waals surface area (Å²) in [5.74, 6) is 0.328. The van der Waals surface area contributed by atoms with Gasteiger partial charge < -0.3 is 14.6 Å². The van der Waals surface area contributed by atoms with Gasteiger partial charge in [-0.25, -0.2) is 4.79 Å². The summed E-state index contributed by atoms with van der Waals surface area (Å²) < 4.78 is 7.00. The lowest BCUT2D eigenvalue weighted by Gasteiger charge is -2.08. The topological polar surface area (TPSA) is 86.1 Å². The zero-order valence-electron chi connectivity index (χ0n) is 17.2. The first kappa shape index (κ1) is 21.6. The van der Waals surface area contributed by atoms with Gasteiger partial charge in [0.1, 0.15) is 0 Å². The van der Waals surface area contributed by atoms with Gasteiger partial charge in [-0.2, -0.15) is 0 Å². The zero-order valence-corrected chi connectivity index (χ0v) is 18.0. The van der Waals surface area contributed by atoms with Crippen molar-refractivity contribution < 1.29 is 14.3 Å². The van der Waals surface area contributed by atoms with Crippen molar-refractivity contribution in [3.63, 3.8) is 0 Å². The minimum atomic E-state index is -0.398. The summed E-state index contributed by atoms with van der Waals surface area (Å²) in [7, 11) is 1.88. The average molecular weight is 425 g/mol. The van der Waals surface area contributed by atoms with Crippen molar-refractivity contribution in [2.24, 2.45) is 7.05 Å². The van der Waals surface area contributed by atoms with Crippen LogP contribution in [0.1, 0.15) is 29.3 Å². The lowest BCUT2D eigenvalue weighted by Crippen LogP contribution is -2.15. The second-order valence-corrected chi connectivity index (χ2v) is 7.73. The molecule has 0 aliphatic heterocycles. The summed E-state index contributed by atoms with van der Waals surface area (Å²) in [4.78, 5) is 24.3. The maximum absolute atomic E-state index is 12.4. The number of aryl methyl sites for hydroxylation is 1. The number of hydrogen-bond donors (Lipinski definition) is 1. The third-order valence-electron chi connectivity index (χ3n) is 4.26. The number of rotatable bonds is 8. The van der Waals surface area contributed by atoms with Gasteiger partial charge in [-0.1, -0.05) is 48.5 Å². The Balaban J connectivity index is 1.60. The van der Waals surface area contributed by atoms with E-state index in [1.54, 1.807) is 24.3 Å². The molecule has 0 aliphatic carbocycles. The summed E-state index contributed by atoms with van der Waals surface area (Å²) in [6, 6.07) is 14.7. The first-order valence-electron chi connectivity index (χ1n) is 9.64. The van der Waals surface area contributed by atoms with Crippen molar-refractivity contribution in [2.45, 2.75) is 25.4 Å². The molecule has 8 heteroatoms. The van der Waals surface area contributed by atoms with E-state index in [9.17, 15) is 9.59 Å². The van der Waals surface area contributed by atoms with Gasteiger partial charge in [0.2, 0.25) is 5.91 Å². The van der Waals surface area contributed by atoms with E-state index >= 15 is 0 Å². The van der Waals surface area contributed by atoms with Gasteiger partial charge in [-0.3, -0.25) is 4.79 Å². The van der Waals surface area contributed by atoms with Crippen LogP contribution < -0.4 is 5.32 Å². The molecule has 3 rings (SSSR count). The van der Waals surface area contributed by atoms with Crippen LogP contribution in [0.15, 0.2) is 53.7 Å². The predicted molar refractivity (Wildman–Crippen MR) is 118 cm³/mol. The number of hydrogen-bond acceptors (Lipinski definition) is 6. The quantitative estimate of drug-likeness (QED) is 0.433. The molecule has 0 bridgehead atoms. The molecule has 1 aromatic heterocycles. The van der Waals surface area contributed by atoms with E-state index in [0.717, 1.165) is 23.4 Å². The molecule has 1 heterocycles. The maximum Gasteiger partial charge on any atom is 0.338 e. The highest BCUT2D eigenvalue weighted by Gasteiger charge is 2.14. The molecule has 2 aromatic carbocycles. The molecule has 0 fully saturated rings. The Morgan fingerprint density at radius 1 is 1.13 bits per heavy atom. The molecular formula is C22H24N4O3S. The van der Waals surface area contributed by atoms with Crippen molar-refractivity contribution in [3.05, 3.63) is 59.7 Å². The number of aromatic nitrogens is 3. The van der Waals surface area contributed by atoms with Crippen LogP contribution in [0, 0.1) is 6.92 Å². The molecule has 0 radical (unpaired) electrons. The summed E-state index contributed by atoms with van der Waals surface area (Å²) in [6.07, 6.45) is 0.757. The van der Waals surface area contributed by atoms with Gasteiger partial charge in [0.05, 0.1) is 17.9 Å². The molecule has 156 valence electrons. The van der Waals surface area contributed by atoms with Crippen molar-refractivity contribution in [2.75, 3.05) is 17.7 Å². The first-order chi connectivity index (χ1) is 14.5. The lowest BCUT2D eigenvalue weighted by molar-refractivity contribution is -0.113. The van der Waals surface area contributed by atoms with Gasteiger partial charge >= 0.3 is 5.97 Å². The minimum absolute atomic E-state index is 0.171. The molecule has 0 aliphatic rings. The number of anilines is 1. The largest absolute Gasteiger partial charge is 0.462 e. The highest BCUT2D eigenvalue weighted by Crippen LogP contribution is 2.23. The van der Waals surface area contributed by atoms with Crippen LogP contribution in [-0.2, 0) is 16.6 Å². The van der Waals surface area contributed by atoms with Crippen LogP contribution in [0.5, 0.6) is 0 Å². The molecule has 0 unspecified atom stereocenters. The molecule has 0 saturated heterocycles. The fourth-order valence-corrected chi connectivity index (χ4v) is 3.52. The average Bonchev–Trinajstić information content (AvgIpc) is 3.11. The van der Waals surface area contributed by atoms with Gasteiger partial charge in [-0.05, 0) is 37.6 Å². The van der Waals surface area contributed by atoms with Crippen LogP contribution in [0.3, 0.4) is 0 Å². The molecule has 7 nitrogen and oxygen atoms in total. The number of benzene rings is 2.